The van der Waals surface area contributed by atoms with Crippen molar-refractivity contribution in [2.24, 2.45) is 0 Å². The maximum atomic E-state index is 12.6. The zero-order valence-corrected chi connectivity index (χ0v) is 9.00. The van der Waals surface area contributed by atoms with Crippen LogP contribution in [0.2, 0.25) is 0 Å². The van der Waals surface area contributed by atoms with Crippen LogP contribution in [0, 0.1) is 11.3 Å². The van der Waals surface area contributed by atoms with Crippen LogP contribution in [0.4, 0.5) is 22.0 Å². The van der Waals surface area contributed by atoms with Gasteiger partial charge in [-0.25, -0.2) is 13.8 Å². The Morgan fingerprint density at radius 3 is 2.42 bits per heavy atom. The van der Waals surface area contributed by atoms with Crippen LogP contribution in [0.25, 0.3) is 0 Å². The lowest BCUT2D eigenvalue weighted by molar-refractivity contribution is -0.140. The van der Waals surface area contributed by atoms with Crippen LogP contribution in [0.1, 0.15) is 28.9 Å². The van der Waals surface area contributed by atoms with Gasteiger partial charge in [0.1, 0.15) is 17.5 Å². The lowest BCUT2D eigenvalue weighted by Gasteiger charge is -2.13. The normalized spacial score (nSPS) is 11.4. The van der Waals surface area contributed by atoms with Crippen molar-refractivity contribution in [1.29, 1.82) is 5.26 Å². The van der Waals surface area contributed by atoms with E-state index < -0.39 is 47.5 Å². The van der Waals surface area contributed by atoms with Crippen molar-refractivity contribution < 1.29 is 31.9 Å². The van der Waals surface area contributed by atoms with Gasteiger partial charge in [-0.2, -0.15) is 18.4 Å². The quantitative estimate of drug-likeness (QED) is 0.863. The first kappa shape index (κ1) is 14.8. The van der Waals surface area contributed by atoms with Crippen LogP contribution in [0.5, 0.6) is 0 Å². The van der Waals surface area contributed by atoms with Gasteiger partial charge in [-0.1, -0.05) is 0 Å². The van der Waals surface area contributed by atoms with E-state index in [1.54, 1.807) is 0 Å². The molecular formula is C10H5F5N2O2. The number of carbonyl (C=O) groups is 1. The summed E-state index contributed by atoms with van der Waals surface area (Å²) in [6.07, 6.45) is -9.55. The summed E-state index contributed by atoms with van der Waals surface area (Å²) in [4.78, 5) is 13.4. The second-order valence-corrected chi connectivity index (χ2v) is 3.41. The summed E-state index contributed by atoms with van der Waals surface area (Å²) in [6.45, 7) is 0. The molecule has 0 aromatic carbocycles. The highest BCUT2D eigenvalue weighted by molar-refractivity contribution is 5.71. The van der Waals surface area contributed by atoms with Crippen molar-refractivity contribution in [3.63, 3.8) is 0 Å². The molecular weight excluding hydrogens is 275 g/mol. The third-order valence-electron chi connectivity index (χ3n) is 2.09. The average Bonchev–Trinajstić information content (AvgIpc) is 2.26. The first-order chi connectivity index (χ1) is 8.66. The molecule has 0 fully saturated rings. The van der Waals surface area contributed by atoms with Crippen LogP contribution in [-0.4, -0.2) is 16.1 Å². The maximum absolute atomic E-state index is 12.6. The molecule has 1 aromatic rings. The first-order valence-corrected chi connectivity index (χ1v) is 4.68. The van der Waals surface area contributed by atoms with Gasteiger partial charge >= 0.3 is 12.1 Å². The van der Waals surface area contributed by atoms with Crippen LogP contribution in [0.15, 0.2) is 6.07 Å². The molecule has 1 N–H and O–H groups in total. The number of pyridine rings is 1. The van der Waals surface area contributed by atoms with Crippen LogP contribution in [0.3, 0.4) is 0 Å². The van der Waals surface area contributed by atoms with Crippen molar-refractivity contribution in [2.45, 2.75) is 19.0 Å². The maximum Gasteiger partial charge on any atom is 0.418 e. The molecule has 1 heterocycles. The molecule has 0 saturated carbocycles. The van der Waals surface area contributed by atoms with Gasteiger partial charge in [0.25, 0.3) is 6.43 Å². The van der Waals surface area contributed by atoms with Crippen molar-refractivity contribution in [1.82, 2.24) is 4.98 Å². The fraction of sp³-hybridized carbons (Fsp3) is 0.300. The molecule has 1 rings (SSSR count). The smallest absolute Gasteiger partial charge is 0.418 e. The average molecular weight is 280 g/mol. The second kappa shape index (κ2) is 5.17. The molecule has 0 aliphatic rings. The third-order valence-corrected chi connectivity index (χ3v) is 2.09. The minimum Gasteiger partial charge on any atom is -0.481 e. The molecule has 102 valence electrons. The van der Waals surface area contributed by atoms with Gasteiger partial charge < -0.3 is 5.11 Å². The van der Waals surface area contributed by atoms with Crippen LogP contribution >= 0.6 is 0 Å². The molecule has 0 unspecified atom stereocenters. The number of aliphatic carboxylic acids is 1. The Hall–Kier alpha value is -2.24. The van der Waals surface area contributed by atoms with Gasteiger partial charge in [-0.05, 0) is 6.07 Å². The fourth-order valence-electron chi connectivity index (χ4n) is 1.36. The monoisotopic (exact) mass is 280 g/mol. The standard InChI is InChI=1S/C10H5F5N2O2/c11-9(12)8-5(10(13,14)15)1-4(2-7(18)19)6(3-16)17-8/h1,9H,2H2,(H,18,19). The Kier molecular flexibility index (Phi) is 4.04. The summed E-state index contributed by atoms with van der Waals surface area (Å²) in [5, 5.41) is 17.1. The number of halogens is 5. The zero-order chi connectivity index (χ0) is 14.8. The number of hydrogen-bond donors (Lipinski definition) is 1. The molecule has 0 radical (unpaired) electrons. The van der Waals surface area contributed by atoms with Gasteiger partial charge in [-0.3, -0.25) is 4.79 Å². The molecule has 0 bridgehead atoms. The lowest BCUT2D eigenvalue weighted by atomic mass is 10.0. The number of nitriles is 1. The summed E-state index contributed by atoms with van der Waals surface area (Å²) in [5.74, 6) is -1.50. The van der Waals surface area contributed by atoms with Crippen LogP contribution in [-0.2, 0) is 17.4 Å². The van der Waals surface area contributed by atoms with Crippen molar-refractivity contribution >= 4 is 5.97 Å². The Morgan fingerprint density at radius 1 is 1.47 bits per heavy atom. The van der Waals surface area contributed by atoms with E-state index in [1.165, 1.54) is 6.07 Å². The SMILES string of the molecule is N#Cc1nc(C(F)F)c(C(F)(F)F)cc1CC(=O)O. The molecule has 4 nitrogen and oxygen atoms in total. The van der Waals surface area contributed by atoms with E-state index in [0.29, 0.717) is 0 Å². The molecule has 0 amide bonds. The van der Waals surface area contributed by atoms with E-state index in [1.807, 2.05) is 0 Å². The van der Waals surface area contributed by atoms with Crippen molar-refractivity contribution in [3.8, 4) is 6.07 Å². The van der Waals surface area contributed by atoms with E-state index in [-0.39, 0.29) is 6.07 Å². The topological polar surface area (TPSA) is 74.0 Å². The highest BCUT2D eigenvalue weighted by Crippen LogP contribution is 2.36. The predicted molar refractivity (Wildman–Crippen MR) is 50.3 cm³/mol. The van der Waals surface area contributed by atoms with E-state index in [2.05, 4.69) is 4.98 Å². The van der Waals surface area contributed by atoms with Gasteiger partial charge in [0.05, 0.1) is 12.0 Å². The molecule has 0 atom stereocenters. The Balaban J connectivity index is 3.53. The molecule has 0 aliphatic carbocycles. The van der Waals surface area contributed by atoms with Crippen molar-refractivity contribution in [3.05, 3.63) is 28.6 Å². The fourth-order valence-corrected chi connectivity index (χ4v) is 1.36. The minimum atomic E-state index is -5.11. The molecule has 0 spiro atoms. The highest BCUT2D eigenvalue weighted by Gasteiger charge is 2.38. The Morgan fingerprint density at radius 2 is 2.05 bits per heavy atom. The van der Waals surface area contributed by atoms with E-state index >= 15 is 0 Å². The summed E-state index contributed by atoms with van der Waals surface area (Å²) < 4.78 is 62.6. The first-order valence-electron chi connectivity index (χ1n) is 4.68. The zero-order valence-electron chi connectivity index (χ0n) is 9.00. The van der Waals surface area contributed by atoms with Crippen molar-refractivity contribution in [2.75, 3.05) is 0 Å². The molecule has 0 aliphatic heterocycles. The number of alkyl halides is 5. The van der Waals surface area contributed by atoms with E-state index in [4.69, 9.17) is 10.4 Å². The van der Waals surface area contributed by atoms with Gasteiger partial charge in [0.2, 0.25) is 0 Å². The third kappa shape index (κ3) is 3.37. The number of carboxylic acids is 1. The minimum absolute atomic E-state index is 0.223. The predicted octanol–water partition coefficient (Wildman–Crippen LogP) is 2.54. The largest absolute Gasteiger partial charge is 0.481 e. The van der Waals surface area contributed by atoms with Crippen LogP contribution < -0.4 is 0 Å². The second-order valence-electron chi connectivity index (χ2n) is 3.41. The number of hydrogen-bond acceptors (Lipinski definition) is 3. The molecule has 19 heavy (non-hydrogen) atoms. The Bertz CT molecular complexity index is 548. The molecule has 9 heteroatoms. The molecule has 0 saturated heterocycles. The summed E-state index contributed by atoms with van der Waals surface area (Å²) in [6, 6.07) is 1.52. The molecule has 1 aromatic heterocycles. The number of rotatable bonds is 3. The number of aromatic nitrogens is 1. The van der Waals surface area contributed by atoms with E-state index in [9.17, 15) is 26.7 Å². The number of nitrogens with zero attached hydrogens (tertiary/aromatic N) is 2. The van der Waals surface area contributed by atoms with Gasteiger partial charge in [0.15, 0.2) is 0 Å². The van der Waals surface area contributed by atoms with Gasteiger partial charge in [0, 0.05) is 5.56 Å². The lowest BCUT2D eigenvalue weighted by Crippen LogP contribution is -2.15. The highest BCUT2D eigenvalue weighted by atomic mass is 19.4. The summed E-state index contributed by atoms with van der Waals surface area (Å²) in [7, 11) is 0. The summed E-state index contributed by atoms with van der Waals surface area (Å²) in [5.41, 5.74) is -4.65. The number of carboxylic acid groups (broad SMARTS) is 1. The van der Waals surface area contributed by atoms with Gasteiger partial charge in [-0.15, -0.1) is 0 Å². The van der Waals surface area contributed by atoms with E-state index in [0.717, 1.165) is 0 Å². The summed E-state index contributed by atoms with van der Waals surface area (Å²) >= 11 is 0. The Labute approximate surface area is 103 Å².